The zero-order chi connectivity index (χ0) is 21.3. The van der Waals surface area contributed by atoms with Crippen LogP contribution in [0, 0.1) is 6.92 Å². The van der Waals surface area contributed by atoms with Gasteiger partial charge in [0, 0.05) is 10.7 Å². The smallest absolute Gasteiger partial charge is 0.238 e. The van der Waals surface area contributed by atoms with Crippen LogP contribution in [0.2, 0.25) is 15.1 Å². The Bertz CT molecular complexity index is 1050. The van der Waals surface area contributed by atoms with E-state index in [1.165, 1.54) is 17.3 Å². The van der Waals surface area contributed by atoms with Gasteiger partial charge in [-0.15, -0.1) is 11.8 Å². The van der Waals surface area contributed by atoms with E-state index in [2.05, 4.69) is 0 Å². The van der Waals surface area contributed by atoms with Crippen LogP contribution in [0.4, 0.5) is 5.69 Å². The first kappa shape index (κ1) is 21.4. The van der Waals surface area contributed by atoms with Crippen LogP contribution in [0.1, 0.15) is 22.1 Å². The number of hydrogen-bond donors (Lipinski definition) is 0. The molecule has 3 aromatic carbocycles. The molecule has 0 radical (unpaired) electrons. The van der Waals surface area contributed by atoms with Crippen molar-refractivity contribution in [3.63, 3.8) is 0 Å². The first-order valence-corrected chi connectivity index (χ1v) is 11.5. The fourth-order valence-electron chi connectivity index (χ4n) is 3.25. The van der Waals surface area contributed by atoms with Crippen LogP contribution in [0.15, 0.2) is 60.7 Å². The van der Waals surface area contributed by atoms with Gasteiger partial charge in [0.05, 0.1) is 15.8 Å². The Balaban J connectivity index is 1.58. The predicted molar refractivity (Wildman–Crippen MR) is 126 cm³/mol. The fraction of sp³-hybridized carbons (Fsp3) is 0.174. The predicted octanol–water partition coefficient (Wildman–Crippen LogP) is 7.31. The Labute approximate surface area is 194 Å². The van der Waals surface area contributed by atoms with Crippen molar-refractivity contribution in [1.82, 2.24) is 0 Å². The lowest BCUT2D eigenvalue weighted by Gasteiger charge is -2.25. The lowest BCUT2D eigenvalue weighted by molar-refractivity contribution is -0.115. The summed E-state index contributed by atoms with van der Waals surface area (Å²) in [4.78, 5) is 14.3. The summed E-state index contributed by atoms with van der Waals surface area (Å²) in [5.41, 5.74) is 3.85. The summed E-state index contributed by atoms with van der Waals surface area (Å²) < 4.78 is 5.89. The summed E-state index contributed by atoms with van der Waals surface area (Å²) in [6.07, 6.45) is 0. The Morgan fingerprint density at radius 2 is 1.63 bits per heavy atom. The van der Waals surface area contributed by atoms with Gasteiger partial charge in [0.15, 0.2) is 5.75 Å². The molecular weight excluding hydrogens is 461 g/mol. The third-order valence-corrected chi connectivity index (χ3v) is 6.81. The van der Waals surface area contributed by atoms with Crippen LogP contribution < -0.4 is 9.64 Å². The summed E-state index contributed by atoms with van der Waals surface area (Å²) in [7, 11) is 0. The van der Waals surface area contributed by atoms with Crippen molar-refractivity contribution in [2.75, 3.05) is 10.7 Å². The summed E-state index contributed by atoms with van der Waals surface area (Å²) in [6.45, 7) is 2.41. The molecule has 0 spiro atoms. The molecule has 1 fully saturated rings. The zero-order valence-corrected chi connectivity index (χ0v) is 19.2. The highest BCUT2D eigenvalue weighted by Gasteiger charge is 2.34. The van der Waals surface area contributed by atoms with E-state index >= 15 is 0 Å². The monoisotopic (exact) mass is 477 g/mol. The van der Waals surface area contributed by atoms with Crippen molar-refractivity contribution in [2.45, 2.75) is 18.9 Å². The van der Waals surface area contributed by atoms with E-state index < -0.39 is 0 Å². The quantitative estimate of drug-likeness (QED) is 0.385. The van der Waals surface area contributed by atoms with Crippen LogP contribution >= 0.6 is 46.6 Å². The Hall–Kier alpha value is -1.85. The van der Waals surface area contributed by atoms with E-state index in [0.717, 1.165) is 16.8 Å². The van der Waals surface area contributed by atoms with Gasteiger partial charge >= 0.3 is 0 Å². The molecule has 0 aromatic heterocycles. The first-order chi connectivity index (χ1) is 14.4. The van der Waals surface area contributed by atoms with E-state index in [9.17, 15) is 4.79 Å². The highest BCUT2D eigenvalue weighted by atomic mass is 35.5. The number of thioether (sulfide) groups is 1. The van der Waals surface area contributed by atoms with Gasteiger partial charge in [-0.3, -0.25) is 9.69 Å². The number of halogens is 3. The minimum absolute atomic E-state index is 0.0271. The molecule has 1 aliphatic heterocycles. The molecule has 1 amide bonds. The normalized spacial score (nSPS) is 16.2. The largest absolute Gasteiger partial charge is 0.486 e. The van der Waals surface area contributed by atoms with Gasteiger partial charge in [-0.1, -0.05) is 64.6 Å². The Morgan fingerprint density at radius 1 is 1.00 bits per heavy atom. The summed E-state index contributed by atoms with van der Waals surface area (Å²) in [5, 5.41) is 1.23. The molecule has 30 heavy (non-hydrogen) atoms. The van der Waals surface area contributed by atoms with Crippen molar-refractivity contribution < 1.29 is 9.53 Å². The molecule has 0 aliphatic carbocycles. The Morgan fingerprint density at radius 3 is 2.27 bits per heavy atom. The van der Waals surface area contributed by atoms with Crippen molar-refractivity contribution in [3.05, 3.63) is 92.4 Å². The maximum Gasteiger partial charge on any atom is 0.238 e. The molecule has 0 bridgehead atoms. The molecule has 0 unspecified atom stereocenters. The maximum atomic E-state index is 12.5. The molecule has 1 aliphatic rings. The number of aryl methyl sites for hydroxylation is 1. The number of nitrogens with zero attached hydrogens (tertiary/aromatic N) is 1. The van der Waals surface area contributed by atoms with E-state index in [1.807, 2.05) is 55.5 Å². The van der Waals surface area contributed by atoms with Crippen molar-refractivity contribution in [1.29, 1.82) is 0 Å². The number of hydrogen-bond acceptors (Lipinski definition) is 3. The van der Waals surface area contributed by atoms with E-state index in [0.29, 0.717) is 33.2 Å². The fourth-order valence-corrected chi connectivity index (χ4v) is 5.15. The van der Waals surface area contributed by atoms with Gasteiger partial charge in [0.2, 0.25) is 5.91 Å². The number of carbonyl (C=O) groups excluding carboxylic acids is 1. The number of amides is 1. The van der Waals surface area contributed by atoms with Gasteiger partial charge in [-0.25, -0.2) is 0 Å². The molecule has 3 aromatic rings. The van der Waals surface area contributed by atoms with Gasteiger partial charge < -0.3 is 4.74 Å². The number of benzene rings is 3. The summed E-state index contributed by atoms with van der Waals surface area (Å²) in [6, 6.07) is 18.9. The second kappa shape index (κ2) is 9.11. The molecular formula is C23H18Cl3NO2S. The maximum absolute atomic E-state index is 12.5. The van der Waals surface area contributed by atoms with Gasteiger partial charge in [-0.2, -0.15) is 0 Å². The van der Waals surface area contributed by atoms with Gasteiger partial charge in [0.25, 0.3) is 0 Å². The third-order valence-electron chi connectivity index (χ3n) is 4.78. The van der Waals surface area contributed by atoms with E-state index in [-0.39, 0.29) is 11.3 Å². The van der Waals surface area contributed by atoms with Crippen LogP contribution in [0.3, 0.4) is 0 Å². The summed E-state index contributed by atoms with van der Waals surface area (Å²) in [5.74, 6) is 0.850. The van der Waals surface area contributed by atoms with Crippen molar-refractivity contribution >= 4 is 58.2 Å². The summed E-state index contributed by atoms with van der Waals surface area (Å²) >= 11 is 20.6. The highest BCUT2D eigenvalue weighted by molar-refractivity contribution is 8.00. The lowest BCUT2D eigenvalue weighted by atomic mass is 10.1. The first-order valence-electron chi connectivity index (χ1n) is 9.29. The van der Waals surface area contributed by atoms with Crippen LogP contribution in [0.25, 0.3) is 0 Å². The van der Waals surface area contributed by atoms with Crippen LogP contribution in [-0.4, -0.2) is 11.7 Å². The SMILES string of the molecule is Cc1ccc(COc2c(Cl)cc([C@@H]3SCC(=O)N3c3ccc(Cl)cc3)cc2Cl)cc1. The molecule has 0 N–H and O–H groups in total. The van der Waals surface area contributed by atoms with Crippen LogP contribution in [0.5, 0.6) is 5.75 Å². The molecule has 0 saturated carbocycles. The second-order valence-electron chi connectivity index (χ2n) is 6.99. The average Bonchev–Trinajstić information content (AvgIpc) is 3.11. The number of rotatable bonds is 5. The number of ether oxygens (including phenoxy) is 1. The number of anilines is 1. The van der Waals surface area contributed by atoms with E-state index in [1.54, 1.807) is 17.0 Å². The van der Waals surface area contributed by atoms with Crippen molar-refractivity contribution in [3.8, 4) is 5.75 Å². The minimum Gasteiger partial charge on any atom is -0.486 e. The zero-order valence-electron chi connectivity index (χ0n) is 16.1. The highest BCUT2D eigenvalue weighted by Crippen LogP contribution is 2.45. The standard InChI is InChI=1S/C23H18Cl3NO2S/c1-14-2-4-15(5-3-14)12-29-22-19(25)10-16(11-20(22)26)23-27(21(28)13-30-23)18-8-6-17(24)7-9-18/h2-11,23H,12-13H2,1H3/t23-/m0/s1. The number of carbonyl (C=O) groups is 1. The van der Waals surface area contributed by atoms with Crippen molar-refractivity contribution in [2.24, 2.45) is 0 Å². The molecule has 1 heterocycles. The second-order valence-corrected chi connectivity index (χ2v) is 9.31. The molecule has 4 rings (SSSR count). The lowest BCUT2D eigenvalue weighted by Crippen LogP contribution is -2.27. The molecule has 1 atom stereocenters. The van der Waals surface area contributed by atoms with Gasteiger partial charge in [0.1, 0.15) is 12.0 Å². The molecule has 7 heteroatoms. The topological polar surface area (TPSA) is 29.5 Å². The molecule has 1 saturated heterocycles. The van der Waals surface area contributed by atoms with E-state index in [4.69, 9.17) is 39.5 Å². The van der Waals surface area contributed by atoms with Crippen LogP contribution in [-0.2, 0) is 11.4 Å². The minimum atomic E-state index is -0.222. The molecule has 3 nitrogen and oxygen atoms in total. The Kier molecular flexibility index (Phi) is 6.49. The third kappa shape index (κ3) is 4.57. The average molecular weight is 479 g/mol. The molecule has 154 valence electrons. The van der Waals surface area contributed by atoms with Gasteiger partial charge in [-0.05, 0) is 54.4 Å².